The summed E-state index contributed by atoms with van der Waals surface area (Å²) in [7, 11) is 9.95. The third-order valence-electron chi connectivity index (χ3n) is 9.69. The summed E-state index contributed by atoms with van der Waals surface area (Å²) >= 11 is 0. The molecule has 0 saturated carbocycles. The maximum atomic E-state index is 6.73. The zero-order chi connectivity index (χ0) is 39.3. The Kier molecular flexibility index (Phi) is 13.6. The van der Waals surface area contributed by atoms with Gasteiger partial charge >= 0.3 is 0 Å². The second-order valence-electron chi connectivity index (χ2n) is 13.4. The molecule has 0 N–H and O–H groups in total. The summed E-state index contributed by atoms with van der Waals surface area (Å²) in [6.07, 6.45) is 4.75. The van der Waals surface area contributed by atoms with Crippen LogP contribution < -0.4 is 37.9 Å². The van der Waals surface area contributed by atoms with E-state index in [9.17, 15) is 0 Å². The predicted molar refractivity (Wildman–Crippen MR) is 220 cm³/mol. The molecule has 0 unspecified atom stereocenters. The zero-order valence-electron chi connectivity index (χ0n) is 33.1. The molecule has 290 valence electrons. The van der Waals surface area contributed by atoms with E-state index >= 15 is 0 Å². The Labute approximate surface area is 330 Å². The normalized spacial score (nSPS) is 10.8. The minimum absolute atomic E-state index is 0.447. The molecule has 0 heterocycles. The van der Waals surface area contributed by atoms with Gasteiger partial charge in [-0.3, -0.25) is 0 Å². The Morgan fingerprint density at radius 2 is 0.625 bits per heavy atom. The van der Waals surface area contributed by atoms with Crippen molar-refractivity contribution in [2.45, 2.75) is 38.5 Å². The lowest BCUT2D eigenvalue weighted by molar-refractivity contribution is 0.334. The molecule has 0 fully saturated rings. The fourth-order valence-electron chi connectivity index (χ4n) is 6.63. The van der Waals surface area contributed by atoms with Crippen LogP contribution in [0.3, 0.4) is 0 Å². The molecule has 0 aliphatic carbocycles. The summed E-state index contributed by atoms with van der Waals surface area (Å²) in [4.78, 5) is 0. The molecule has 0 aromatic heterocycles. The van der Waals surface area contributed by atoms with E-state index in [2.05, 4.69) is 48.5 Å². The molecule has 0 amide bonds. The van der Waals surface area contributed by atoms with E-state index in [0.717, 1.165) is 71.6 Å². The molecule has 8 heteroatoms. The highest BCUT2D eigenvalue weighted by Gasteiger charge is 2.20. The van der Waals surface area contributed by atoms with E-state index in [1.54, 1.807) is 42.7 Å². The van der Waals surface area contributed by atoms with Gasteiger partial charge in [0, 0.05) is 0 Å². The molecular formula is C48H50O8. The van der Waals surface area contributed by atoms with E-state index < -0.39 is 0 Å². The maximum absolute atomic E-state index is 6.73. The average Bonchev–Trinajstić information content (AvgIpc) is 3.24. The van der Waals surface area contributed by atoms with Gasteiger partial charge in [0.25, 0.3) is 0 Å². The van der Waals surface area contributed by atoms with Gasteiger partial charge in [-0.1, -0.05) is 48.5 Å². The number of methoxy groups -OCH3 is 6. The maximum Gasteiger partial charge on any atom is 0.204 e. The van der Waals surface area contributed by atoms with Gasteiger partial charge in [0.05, 0.1) is 42.7 Å². The summed E-state index contributed by atoms with van der Waals surface area (Å²) in [5.41, 5.74) is 6.73. The first-order valence-corrected chi connectivity index (χ1v) is 18.7. The molecule has 0 saturated heterocycles. The Morgan fingerprint density at radius 1 is 0.286 bits per heavy atom. The Balaban J connectivity index is 1.32. The fraction of sp³-hybridized carbons (Fsp3) is 0.250. The van der Waals surface area contributed by atoms with E-state index in [0.29, 0.717) is 46.7 Å². The number of aryl methyl sites for hydroxylation is 6. The van der Waals surface area contributed by atoms with Gasteiger partial charge in [-0.25, -0.2) is 0 Å². The molecule has 0 aliphatic rings. The summed E-state index contributed by atoms with van der Waals surface area (Å²) in [6, 6.07) is 40.5. The number of hydrogen-bond acceptors (Lipinski definition) is 8. The number of hydrogen-bond donors (Lipinski definition) is 0. The lowest BCUT2D eigenvalue weighted by atomic mass is 10.0. The minimum atomic E-state index is 0.447. The van der Waals surface area contributed by atoms with Gasteiger partial charge in [0.1, 0.15) is 17.2 Å². The van der Waals surface area contributed by atoms with Gasteiger partial charge in [-0.15, -0.1) is 0 Å². The van der Waals surface area contributed by atoms with Crippen molar-refractivity contribution in [1.29, 1.82) is 0 Å². The second-order valence-corrected chi connectivity index (χ2v) is 13.4. The second kappa shape index (κ2) is 19.4. The van der Waals surface area contributed by atoms with E-state index in [-0.39, 0.29) is 0 Å². The van der Waals surface area contributed by atoms with Crippen LogP contribution in [-0.4, -0.2) is 42.7 Å². The highest BCUT2D eigenvalue weighted by atomic mass is 16.6. The first kappa shape index (κ1) is 39.4. The smallest absolute Gasteiger partial charge is 0.204 e. The van der Waals surface area contributed by atoms with Crippen molar-refractivity contribution in [1.82, 2.24) is 0 Å². The van der Waals surface area contributed by atoms with Crippen LogP contribution in [0.15, 0.2) is 121 Å². The summed E-state index contributed by atoms with van der Waals surface area (Å²) in [5.74, 6) is 6.31. The monoisotopic (exact) mass is 754 g/mol. The van der Waals surface area contributed by atoms with Gasteiger partial charge in [0.2, 0.25) is 5.75 Å². The number of rotatable bonds is 19. The molecular weight excluding hydrogens is 705 g/mol. The van der Waals surface area contributed by atoms with Gasteiger partial charge in [-0.2, -0.15) is 0 Å². The highest BCUT2D eigenvalue weighted by Crippen LogP contribution is 2.46. The van der Waals surface area contributed by atoms with Crippen molar-refractivity contribution in [2.75, 3.05) is 42.7 Å². The Bertz CT molecular complexity index is 2080. The minimum Gasteiger partial charge on any atom is -0.497 e. The standard InChI is InChI=1S/C48H50O8/c1-49-39-13-7-10-33(26-39)16-18-36-22-24-42(52-4)44(29-36)55-46-31-38(21-20-35-12-9-15-41(28-35)51-3)32-47(48(46)54-6)56-45-30-37(23-25-43(45)53-5)19-17-34-11-8-14-40(27-34)50-2/h7-15,22-32H,16-21H2,1-6H3. The molecule has 6 aromatic rings. The summed E-state index contributed by atoms with van der Waals surface area (Å²) in [5, 5.41) is 0. The fourth-order valence-corrected chi connectivity index (χ4v) is 6.63. The van der Waals surface area contributed by atoms with Crippen LogP contribution in [-0.2, 0) is 38.5 Å². The van der Waals surface area contributed by atoms with Crippen LogP contribution in [0.25, 0.3) is 0 Å². The van der Waals surface area contributed by atoms with Crippen molar-refractivity contribution in [3.8, 4) is 57.5 Å². The molecule has 0 atom stereocenters. The van der Waals surface area contributed by atoms with Crippen LogP contribution in [0, 0.1) is 0 Å². The van der Waals surface area contributed by atoms with Crippen molar-refractivity contribution < 1.29 is 37.9 Å². The number of benzene rings is 6. The van der Waals surface area contributed by atoms with Crippen molar-refractivity contribution in [3.63, 3.8) is 0 Å². The molecule has 6 rings (SSSR count). The molecule has 56 heavy (non-hydrogen) atoms. The van der Waals surface area contributed by atoms with Crippen molar-refractivity contribution >= 4 is 0 Å². The first-order valence-electron chi connectivity index (χ1n) is 18.7. The lowest BCUT2D eigenvalue weighted by Gasteiger charge is -2.19. The summed E-state index contributed by atoms with van der Waals surface area (Å²) < 4.78 is 47.4. The van der Waals surface area contributed by atoms with E-state index in [4.69, 9.17) is 37.9 Å². The van der Waals surface area contributed by atoms with Gasteiger partial charge in [-0.05, 0) is 145 Å². The van der Waals surface area contributed by atoms with Crippen LogP contribution in [0.2, 0.25) is 0 Å². The van der Waals surface area contributed by atoms with Crippen LogP contribution in [0.1, 0.15) is 33.4 Å². The average molecular weight is 755 g/mol. The van der Waals surface area contributed by atoms with Crippen molar-refractivity contribution in [2.24, 2.45) is 0 Å². The van der Waals surface area contributed by atoms with E-state index in [1.807, 2.05) is 72.8 Å². The third kappa shape index (κ3) is 10.3. The molecule has 0 radical (unpaired) electrons. The zero-order valence-corrected chi connectivity index (χ0v) is 33.1. The molecule has 0 bridgehead atoms. The van der Waals surface area contributed by atoms with Gasteiger partial charge < -0.3 is 37.9 Å². The molecule has 8 nitrogen and oxygen atoms in total. The van der Waals surface area contributed by atoms with Crippen molar-refractivity contribution in [3.05, 3.63) is 155 Å². The SMILES string of the molecule is COc1cccc(CCc2ccc(OC)c(Oc3cc(CCc4cccc(OC)c4)cc(Oc4cc(CCc5cccc(OC)c5)ccc4OC)c3OC)c2)c1. The molecule has 0 aliphatic heterocycles. The lowest BCUT2D eigenvalue weighted by Crippen LogP contribution is -2.01. The predicted octanol–water partition coefficient (Wildman–Crippen LogP) is 10.7. The topological polar surface area (TPSA) is 73.8 Å². The summed E-state index contributed by atoms with van der Waals surface area (Å²) in [6.45, 7) is 0. The third-order valence-corrected chi connectivity index (χ3v) is 9.69. The first-order chi connectivity index (χ1) is 27.4. The largest absolute Gasteiger partial charge is 0.497 e. The van der Waals surface area contributed by atoms with Gasteiger partial charge in [0.15, 0.2) is 34.5 Å². The Hall–Kier alpha value is -6.28. The molecule has 0 spiro atoms. The molecule has 6 aromatic carbocycles. The van der Waals surface area contributed by atoms with Crippen LogP contribution in [0.5, 0.6) is 57.5 Å². The van der Waals surface area contributed by atoms with Crippen LogP contribution >= 0.6 is 0 Å². The Morgan fingerprint density at radius 3 is 0.964 bits per heavy atom. The highest BCUT2D eigenvalue weighted by molar-refractivity contribution is 5.59. The van der Waals surface area contributed by atoms with E-state index in [1.165, 1.54) is 11.1 Å². The van der Waals surface area contributed by atoms with Crippen LogP contribution in [0.4, 0.5) is 0 Å². The number of ether oxygens (including phenoxy) is 8. The quantitative estimate of drug-likeness (QED) is 0.0809.